The molecule has 0 bridgehead atoms. The average molecular weight is 451 g/mol. The van der Waals surface area contributed by atoms with Crippen LogP contribution in [-0.4, -0.2) is 40.1 Å². The molecule has 2 heterocycles. The van der Waals surface area contributed by atoms with E-state index in [-0.39, 0.29) is 11.8 Å². The fourth-order valence-electron chi connectivity index (χ4n) is 4.33. The number of anilines is 1. The first-order valence-corrected chi connectivity index (χ1v) is 11.5. The number of benzene rings is 3. The zero-order chi connectivity index (χ0) is 23.5. The standard InChI is InChI=1S/C28H26N4O2/c1-30(28(34)22-14-16-24(17-15-22)31-18-8-13-26(31)33)19-23-20-32(25-11-6-3-7-12-25)29-27(23)21-9-4-2-5-10-21/h2-7,9-12,14-17,20H,8,13,18-19H2,1H3. The van der Waals surface area contributed by atoms with E-state index in [4.69, 9.17) is 5.10 Å². The van der Waals surface area contributed by atoms with Crippen molar-refractivity contribution in [1.29, 1.82) is 0 Å². The second-order valence-corrected chi connectivity index (χ2v) is 8.51. The minimum absolute atomic E-state index is 0.0780. The predicted molar refractivity (Wildman–Crippen MR) is 133 cm³/mol. The highest BCUT2D eigenvalue weighted by Crippen LogP contribution is 2.26. The van der Waals surface area contributed by atoms with Gasteiger partial charge >= 0.3 is 0 Å². The minimum Gasteiger partial charge on any atom is -0.337 e. The van der Waals surface area contributed by atoms with Crippen LogP contribution < -0.4 is 4.90 Å². The summed E-state index contributed by atoms with van der Waals surface area (Å²) in [5, 5.41) is 4.84. The Morgan fingerprint density at radius 3 is 2.24 bits per heavy atom. The first kappa shape index (κ1) is 21.6. The molecular weight excluding hydrogens is 424 g/mol. The van der Waals surface area contributed by atoms with Crippen molar-refractivity contribution in [2.75, 3.05) is 18.5 Å². The van der Waals surface area contributed by atoms with Crippen LogP contribution in [0.25, 0.3) is 16.9 Å². The van der Waals surface area contributed by atoms with Crippen LogP contribution in [0.5, 0.6) is 0 Å². The number of aromatic nitrogens is 2. The summed E-state index contributed by atoms with van der Waals surface area (Å²) < 4.78 is 1.86. The van der Waals surface area contributed by atoms with Gasteiger partial charge in [-0.25, -0.2) is 4.68 Å². The van der Waals surface area contributed by atoms with Gasteiger partial charge in [0.15, 0.2) is 0 Å². The highest BCUT2D eigenvalue weighted by atomic mass is 16.2. The van der Waals surface area contributed by atoms with E-state index < -0.39 is 0 Å². The third kappa shape index (κ3) is 4.35. The van der Waals surface area contributed by atoms with Crippen molar-refractivity contribution < 1.29 is 9.59 Å². The van der Waals surface area contributed by atoms with Gasteiger partial charge in [-0.3, -0.25) is 9.59 Å². The van der Waals surface area contributed by atoms with Gasteiger partial charge in [0.25, 0.3) is 5.91 Å². The molecule has 0 saturated carbocycles. The molecule has 1 aliphatic heterocycles. The summed E-state index contributed by atoms with van der Waals surface area (Å²) >= 11 is 0. The number of rotatable bonds is 6. The Hall–Kier alpha value is -4.19. The quantitative estimate of drug-likeness (QED) is 0.418. The van der Waals surface area contributed by atoms with Gasteiger partial charge in [-0.15, -0.1) is 0 Å². The summed E-state index contributed by atoms with van der Waals surface area (Å²) in [7, 11) is 1.80. The normalized spacial score (nSPS) is 13.3. The summed E-state index contributed by atoms with van der Waals surface area (Å²) in [6, 6.07) is 27.3. The highest BCUT2D eigenvalue weighted by Gasteiger charge is 2.22. The zero-order valence-corrected chi connectivity index (χ0v) is 19.1. The van der Waals surface area contributed by atoms with E-state index in [9.17, 15) is 9.59 Å². The fourth-order valence-corrected chi connectivity index (χ4v) is 4.33. The fraction of sp³-hybridized carbons (Fsp3) is 0.179. The van der Waals surface area contributed by atoms with E-state index >= 15 is 0 Å². The van der Waals surface area contributed by atoms with Gasteiger partial charge < -0.3 is 9.80 Å². The third-order valence-corrected chi connectivity index (χ3v) is 6.11. The molecule has 0 radical (unpaired) electrons. The molecule has 5 rings (SSSR count). The molecule has 34 heavy (non-hydrogen) atoms. The van der Waals surface area contributed by atoms with Crippen LogP contribution in [0.3, 0.4) is 0 Å². The van der Waals surface area contributed by atoms with Gasteiger partial charge in [0.1, 0.15) is 0 Å². The van der Waals surface area contributed by atoms with E-state index in [0.29, 0.717) is 18.5 Å². The van der Waals surface area contributed by atoms with Crippen LogP contribution in [-0.2, 0) is 11.3 Å². The Morgan fingerprint density at radius 2 is 1.59 bits per heavy atom. The summed E-state index contributed by atoms with van der Waals surface area (Å²) in [6.07, 6.45) is 3.45. The molecule has 4 aromatic rings. The van der Waals surface area contributed by atoms with Crippen LogP contribution in [0.4, 0.5) is 5.69 Å². The molecule has 0 atom stereocenters. The van der Waals surface area contributed by atoms with E-state index in [1.807, 2.05) is 83.7 Å². The first-order chi connectivity index (χ1) is 16.6. The lowest BCUT2D eigenvalue weighted by Crippen LogP contribution is -2.27. The van der Waals surface area contributed by atoms with Gasteiger partial charge in [-0.05, 0) is 42.8 Å². The Bertz CT molecular complexity index is 1300. The van der Waals surface area contributed by atoms with Crippen LogP contribution in [0.1, 0.15) is 28.8 Å². The number of para-hydroxylation sites is 1. The van der Waals surface area contributed by atoms with Gasteiger partial charge in [0.05, 0.1) is 11.4 Å². The summed E-state index contributed by atoms with van der Waals surface area (Å²) in [5.41, 5.74) is 5.23. The molecule has 6 nitrogen and oxygen atoms in total. The Morgan fingerprint density at radius 1 is 0.912 bits per heavy atom. The van der Waals surface area contributed by atoms with Gasteiger partial charge in [-0.2, -0.15) is 5.10 Å². The second kappa shape index (κ2) is 9.35. The zero-order valence-electron chi connectivity index (χ0n) is 19.1. The molecule has 170 valence electrons. The maximum absolute atomic E-state index is 13.2. The third-order valence-electron chi connectivity index (χ3n) is 6.11. The summed E-state index contributed by atoms with van der Waals surface area (Å²) in [6.45, 7) is 1.15. The van der Waals surface area contributed by atoms with Crippen molar-refractivity contribution in [2.45, 2.75) is 19.4 Å². The lowest BCUT2D eigenvalue weighted by atomic mass is 10.1. The van der Waals surface area contributed by atoms with E-state index in [0.717, 1.165) is 41.2 Å². The maximum Gasteiger partial charge on any atom is 0.253 e. The van der Waals surface area contributed by atoms with Crippen molar-refractivity contribution in [3.05, 3.63) is 102 Å². The highest BCUT2D eigenvalue weighted by molar-refractivity contribution is 5.97. The van der Waals surface area contributed by atoms with Gasteiger partial charge in [0, 0.05) is 55.1 Å². The molecule has 1 fully saturated rings. The molecule has 3 aromatic carbocycles. The monoisotopic (exact) mass is 450 g/mol. The number of carbonyl (C=O) groups is 2. The Kier molecular flexibility index (Phi) is 5.95. The van der Waals surface area contributed by atoms with E-state index in [1.165, 1.54) is 0 Å². The second-order valence-electron chi connectivity index (χ2n) is 8.51. The van der Waals surface area contributed by atoms with Crippen LogP contribution in [0.2, 0.25) is 0 Å². The van der Waals surface area contributed by atoms with Crippen molar-refractivity contribution >= 4 is 17.5 Å². The Labute approximate surface area is 199 Å². The number of carbonyl (C=O) groups excluding carboxylic acids is 2. The topological polar surface area (TPSA) is 58.4 Å². The number of nitrogens with zero attached hydrogens (tertiary/aromatic N) is 4. The molecule has 0 aliphatic carbocycles. The van der Waals surface area contributed by atoms with Crippen LogP contribution >= 0.6 is 0 Å². The van der Waals surface area contributed by atoms with Crippen LogP contribution in [0.15, 0.2) is 91.1 Å². The van der Waals surface area contributed by atoms with Crippen molar-refractivity contribution in [1.82, 2.24) is 14.7 Å². The number of hydrogen-bond acceptors (Lipinski definition) is 3. The molecule has 1 saturated heterocycles. The van der Waals surface area contributed by atoms with E-state index in [1.54, 1.807) is 29.0 Å². The van der Waals surface area contributed by atoms with Gasteiger partial charge in [0.2, 0.25) is 5.91 Å². The van der Waals surface area contributed by atoms with Gasteiger partial charge in [-0.1, -0.05) is 48.5 Å². The number of hydrogen-bond donors (Lipinski definition) is 0. The molecule has 0 spiro atoms. The van der Waals surface area contributed by atoms with E-state index in [2.05, 4.69) is 0 Å². The maximum atomic E-state index is 13.2. The van der Waals surface area contributed by atoms with Crippen molar-refractivity contribution in [3.8, 4) is 16.9 Å². The molecule has 6 heteroatoms. The SMILES string of the molecule is CN(Cc1cn(-c2ccccc2)nc1-c1ccccc1)C(=O)c1ccc(N2CCCC2=O)cc1. The lowest BCUT2D eigenvalue weighted by molar-refractivity contribution is -0.117. The molecule has 1 aliphatic rings. The van der Waals surface area contributed by atoms with Crippen LogP contribution in [0, 0.1) is 0 Å². The molecular formula is C28H26N4O2. The largest absolute Gasteiger partial charge is 0.337 e. The minimum atomic E-state index is -0.0780. The van der Waals surface area contributed by atoms with Crippen molar-refractivity contribution in [3.63, 3.8) is 0 Å². The average Bonchev–Trinajstić information content (AvgIpc) is 3.51. The first-order valence-electron chi connectivity index (χ1n) is 11.5. The Balaban J connectivity index is 1.39. The summed E-state index contributed by atoms with van der Waals surface area (Å²) in [4.78, 5) is 28.7. The number of amides is 2. The molecule has 1 aromatic heterocycles. The van der Waals surface area contributed by atoms with Crippen molar-refractivity contribution in [2.24, 2.45) is 0 Å². The predicted octanol–water partition coefficient (Wildman–Crippen LogP) is 4.94. The molecule has 0 unspecified atom stereocenters. The summed E-state index contributed by atoms with van der Waals surface area (Å²) in [5.74, 6) is 0.0610. The molecule has 0 N–H and O–H groups in total. The lowest BCUT2D eigenvalue weighted by Gasteiger charge is -2.19. The smallest absolute Gasteiger partial charge is 0.253 e. The molecule has 2 amide bonds.